The molecule has 0 aliphatic carbocycles. The first-order valence-electron chi connectivity index (χ1n) is 10.2. The third-order valence-corrected chi connectivity index (χ3v) is 5.52. The number of hydrogen-bond acceptors (Lipinski definition) is 7. The van der Waals surface area contributed by atoms with Gasteiger partial charge in [0.05, 0.1) is 33.0 Å². The van der Waals surface area contributed by atoms with E-state index in [-0.39, 0.29) is 24.1 Å². The predicted molar refractivity (Wildman–Crippen MR) is 114 cm³/mol. The molecule has 0 amide bonds. The summed E-state index contributed by atoms with van der Waals surface area (Å²) in [6.45, 7) is 5.00. The second-order valence-corrected chi connectivity index (χ2v) is 7.44. The van der Waals surface area contributed by atoms with Crippen molar-refractivity contribution in [1.82, 2.24) is 4.57 Å². The molecule has 0 saturated carbocycles. The highest BCUT2D eigenvalue weighted by Crippen LogP contribution is 2.38. The van der Waals surface area contributed by atoms with E-state index in [1.54, 1.807) is 0 Å². The monoisotopic (exact) mass is 431 g/mol. The number of aryl methyl sites for hydroxylation is 1. The molecule has 8 heteroatoms. The maximum Gasteiger partial charge on any atom is 0.338 e. The van der Waals surface area contributed by atoms with Crippen molar-refractivity contribution < 1.29 is 33.3 Å². The molecule has 2 aromatic rings. The van der Waals surface area contributed by atoms with Crippen molar-refractivity contribution >= 4 is 11.8 Å². The standard InChI is InChI=1S/C23H29NO7/c1-14-9-18(15(2)24(14)12-17-7-6-8-30-17)19(25)13-31-23(26)16-10-20(27-3)22(29-5)21(11-16)28-4/h9-11,17H,6-8,12-13H2,1-5H3. The van der Waals surface area contributed by atoms with Crippen molar-refractivity contribution in [2.45, 2.75) is 39.3 Å². The summed E-state index contributed by atoms with van der Waals surface area (Å²) in [6.07, 6.45) is 2.25. The lowest BCUT2D eigenvalue weighted by atomic mass is 10.1. The predicted octanol–water partition coefficient (Wildman–Crippen LogP) is 3.35. The van der Waals surface area contributed by atoms with Crippen molar-refractivity contribution in [2.75, 3.05) is 34.5 Å². The molecular weight excluding hydrogens is 402 g/mol. The van der Waals surface area contributed by atoms with Crippen LogP contribution in [-0.2, 0) is 16.0 Å². The van der Waals surface area contributed by atoms with Crippen LogP contribution < -0.4 is 14.2 Å². The Morgan fingerprint density at radius 2 is 1.74 bits per heavy atom. The van der Waals surface area contributed by atoms with E-state index >= 15 is 0 Å². The Bertz CT molecular complexity index is 932. The van der Waals surface area contributed by atoms with Gasteiger partial charge in [0, 0.05) is 30.1 Å². The number of rotatable bonds is 9. The van der Waals surface area contributed by atoms with Crippen molar-refractivity contribution in [3.8, 4) is 17.2 Å². The van der Waals surface area contributed by atoms with Crippen molar-refractivity contribution in [3.05, 3.63) is 40.7 Å². The third kappa shape index (κ3) is 4.85. The molecule has 0 spiro atoms. The van der Waals surface area contributed by atoms with Gasteiger partial charge < -0.3 is 28.3 Å². The number of hydrogen-bond donors (Lipinski definition) is 0. The number of aromatic nitrogens is 1. The molecule has 1 aliphatic rings. The SMILES string of the molecule is COc1cc(C(=O)OCC(=O)c2cc(C)n(CC3CCCO3)c2C)cc(OC)c1OC. The van der Waals surface area contributed by atoms with Crippen LogP contribution in [0.3, 0.4) is 0 Å². The summed E-state index contributed by atoms with van der Waals surface area (Å²) < 4.78 is 28.9. The average Bonchev–Trinajstić information content (AvgIpc) is 3.39. The van der Waals surface area contributed by atoms with Gasteiger partial charge in [0.2, 0.25) is 11.5 Å². The lowest BCUT2D eigenvalue weighted by molar-refractivity contribution is 0.0473. The van der Waals surface area contributed by atoms with Gasteiger partial charge in [-0.05, 0) is 44.9 Å². The molecule has 0 N–H and O–H groups in total. The number of ketones is 1. The maximum atomic E-state index is 12.8. The fourth-order valence-electron chi connectivity index (χ4n) is 3.85. The molecule has 1 saturated heterocycles. The summed E-state index contributed by atoms with van der Waals surface area (Å²) in [5.74, 6) is 0.125. The van der Waals surface area contributed by atoms with Crippen molar-refractivity contribution in [3.63, 3.8) is 0 Å². The summed E-state index contributed by atoms with van der Waals surface area (Å²) in [7, 11) is 4.40. The Labute approximate surface area is 182 Å². The fraction of sp³-hybridized carbons (Fsp3) is 0.478. The van der Waals surface area contributed by atoms with Crippen LogP contribution in [0.2, 0.25) is 0 Å². The normalized spacial score (nSPS) is 15.6. The van der Waals surface area contributed by atoms with Gasteiger partial charge in [-0.25, -0.2) is 4.79 Å². The van der Waals surface area contributed by atoms with E-state index in [0.29, 0.717) is 22.8 Å². The molecule has 0 radical (unpaired) electrons. The van der Waals surface area contributed by atoms with E-state index in [9.17, 15) is 9.59 Å². The van der Waals surface area contributed by atoms with E-state index in [2.05, 4.69) is 4.57 Å². The van der Waals surface area contributed by atoms with Gasteiger partial charge in [-0.3, -0.25) is 4.79 Å². The number of ether oxygens (including phenoxy) is 5. The number of carbonyl (C=O) groups is 2. The lowest BCUT2D eigenvalue weighted by Crippen LogP contribution is -2.18. The van der Waals surface area contributed by atoms with Crippen LogP contribution in [0.25, 0.3) is 0 Å². The topological polar surface area (TPSA) is 85.2 Å². The van der Waals surface area contributed by atoms with Gasteiger partial charge in [0.1, 0.15) is 0 Å². The van der Waals surface area contributed by atoms with E-state index in [0.717, 1.165) is 37.4 Å². The van der Waals surface area contributed by atoms with Crippen LogP contribution in [0.4, 0.5) is 0 Å². The van der Waals surface area contributed by atoms with E-state index in [1.165, 1.54) is 33.5 Å². The van der Waals surface area contributed by atoms with Gasteiger partial charge in [0.25, 0.3) is 0 Å². The lowest BCUT2D eigenvalue weighted by Gasteiger charge is -2.15. The van der Waals surface area contributed by atoms with E-state index in [4.69, 9.17) is 23.7 Å². The molecule has 1 unspecified atom stereocenters. The van der Waals surface area contributed by atoms with Crippen LogP contribution in [0.5, 0.6) is 17.2 Å². The average molecular weight is 431 g/mol. The largest absolute Gasteiger partial charge is 0.493 e. The molecule has 8 nitrogen and oxygen atoms in total. The summed E-state index contributed by atoms with van der Waals surface area (Å²) in [4.78, 5) is 25.3. The number of nitrogens with zero attached hydrogens (tertiary/aromatic N) is 1. The summed E-state index contributed by atoms with van der Waals surface area (Å²) >= 11 is 0. The second-order valence-electron chi connectivity index (χ2n) is 7.44. The first-order chi connectivity index (χ1) is 14.9. The molecule has 1 aromatic carbocycles. The first kappa shape index (κ1) is 22.7. The number of methoxy groups -OCH3 is 3. The molecule has 1 atom stereocenters. The highest BCUT2D eigenvalue weighted by Gasteiger charge is 2.23. The molecule has 31 heavy (non-hydrogen) atoms. The van der Waals surface area contributed by atoms with Gasteiger partial charge in [-0.2, -0.15) is 0 Å². The Kier molecular flexibility index (Phi) is 7.22. The van der Waals surface area contributed by atoms with E-state index in [1.807, 2.05) is 19.9 Å². The second kappa shape index (κ2) is 9.87. The third-order valence-electron chi connectivity index (χ3n) is 5.52. The van der Waals surface area contributed by atoms with Gasteiger partial charge in [-0.15, -0.1) is 0 Å². The number of Topliss-reactive ketones (excluding diaryl/α,β-unsaturated/α-hetero) is 1. The zero-order chi connectivity index (χ0) is 22.5. The number of carbonyl (C=O) groups excluding carboxylic acids is 2. The van der Waals surface area contributed by atoms with Crippen LogP contribution in [0.15, 0.2) is 18.2 Å². The Morgan fingerprint density at radius 1 is 1.06 bits per heavy atom. The fourth-order valence-corrected chi connectivity index (χ4v) is 3.85. The molecule has 3 rings (SSSR count). The number of benzene rings is 1. The number of esters is 1. The highest BCUT2D eigenvalue weighted by molar-refractivity contribution is 6.00. The minimum atomic E-state index is -0.652. The first-order valence-corrected chi connectivity index (χ1v) is 10.2. The minimum Gasteiger partial charge on any atom is -0.493 e. The molecular formula is C23H29NO7. The smallest absolute Gasteiger partial charge is 0.338 e. The van der Waals surface area contributed by atoms with E-state index < -0.39 is 5.97 Å². The highest BCUT2D eigenvalue weighted by atomic mass is 16.5. The molecule has 0 bridgehead atoms. The molecule has 2 heterocycles. The minimum absolute atomic E-state index is 0.172. The summed E-state index contributed by atoms with van der Waals surface area (Å²) in [6, 6.07) is 4.81. The Hall–Kier alpha value is -3.00. The molecule has 1 fully saturated rings. The van der Waals surface area contributed by atoms with Crippen LogP contribution >= 0.6 is 0 Å². The zero-order valence-electron chi connectivity index (χ0n) is 18.6. The summed E-state index contributed by atoms with van der Waals surface area (Å²) in [5.41, 5.74) is 2.58. The Balaban J connectivity index is 1.70. The van der Waals surface area contributed by atoms with Crippen LogP contribution in [-0.4, -0.2) is 57.0 Å². The van der Waals surface area contributed by atoms with Crippen molar-refractivity contribution in [2.24, 2.45) is 0 Å². The molecule has 1 aromatic heterocycles. The molecule has 1 aliphatic heterocycles. The molecule has 168 valence electrons. The Morgan fingerprint density at radius 3 is 2.29 bits per heavy atom. The maximum absolute atomic E-state index is 12.8. The van der Waals surface area contributed by atoms with Gasteiger partial charge in [0.15, 0.2) is 18.1 Å². The van der Waals surface area contributed by atoms with Gasteiger partial charge in [-0.1, -0.05) is 0 Å². The summed E-state index contributed by atoms with van der Waals surface area (Å²) in [5, 5.41) is 0. The van der Waals surface area contributed by atoms with Gasteiger partial charge >= 0.3 is 5.97 Å². The quantitative estimate of drug-likeness (QED) is 0.445. The zero-order valence-corrected chi connectivity index (χ0v) is 18.6. The van der Waals surface area contributed by atoms with Crippen LogP contribution in [0.1, 0.15) is 44.9 Å². The van der Waals surface area contributed by atoms with Crippen molar-refractivity contribution in [1.29, 1.82) is 0 Å². The van der Waals surface area contributed by atoms with Crippen LogP contribution in [0, 0.1) is 13.8 Å².